The number of carbonyl (C=O) groups is 1. The molecule has 21 heavy (non-hydrogen) atoms. The summed E-state index contributed by atoms with van der Waals surface area (Å²) in [6, 6.07) is 13.3. The van der Waals surface area contributed by atoms with E-state index in [0.717, 1.165) is 6.26 Å². The Morgan fingerprint density at radius 1 is 1.10 bits per heavy atom. The molecule has 0 aliphatic carbocycles. The predicted molar refractivity (Wildman–Crippen MR) is 84.3 cm³/mol. The Kier molecular flexibility index (Phi) is 4.50. The van der Waals surface area contributed by atoms with Crippen LogP contribution in [0.1, 0.15) is 10.4 Å². The fourth-order valence-electron chi connectivity index (χ4n) is 1.67. The molecular weight excluding hydrogens is 312 g/mol. The molecule has 0 radical (unpaired) electrons. The first-order valence-corrected chi connectivity index (χ1v) is 8.26. The normalized spacial score (nSPS) is 11.0. The van der Waals surface area contributed by atoms with Gasteiger partial charge in [-0.2, -0.15) is 0 Å². The number of rotatable bonds is 4. The molecule has 0 aromatic heterocycles. The number of benzene rings is 2. The van der Waals surface area contributed by atoms with Crippen LogP contribution in [-0.2, 0) is 10.0 Å². The van der Waals surface area contributed by atoms with Crippen molar-refractivity contribution in [2.45, 2.75) is 0 Å². The molecule has 0 saturated carbocycles. The standard InChI is InChI=1S/C14H13ClN2O3S/c1-21(19,20)17-13-9-10(7-8-12(13)15)14(18)16-11-5-3-2-4-6-11/h2-9,17H,1H3,(H,16,18). The Hall–Kier alpha value is -2.05. The highest BCUT2D eigenvalue weighted by Crippen LogP contribution is 2.24. The van der Waals surface area contributed by atoms with Crippen LogP contribution < -0.4 is 10.0 Å². The van der Waals surface area contributed by atoms with Gasteiger partial charge in [0.2, 0.25) is 10.0 Å². The molecule has 0 aliphatic heterocycles. The van der Waals surface area contributed by atoms with Crippen LogP contribution in [0.2, 0.25) is 5.02 Å². The maximum absolute atomic E-state index is 12.1. The Labute approximate surface area is 128 Å². The minimum atomic E-state index is -3.47. The molecule has 0 fully saturated rings. The van der Waals surface area contributed by atoms with Crippen LogP contribution in [0.5, 0.6) is 0 Å². The molecule has 0 saturated heterocycles. The minimum absolute atomic E-state index is 0.167. The van der Waals surface area contributed by atoms with Gasteiger partial charge < -0.3 is 5.32 Å². The summed E-state index contributed by atoms with van der Waals surface area (Å²) in [5, 5.41) is 2.93. The molecule has 2 rings (SSSR count). The van der Waals surface area contributed by atoms with Crippen LogP contribution in [-0.4, -0.2) is 20.6 Å². The first-order chi connectivity index (χ1) is 9.85. The Bertz CT molecular complexity index is 761. The van der Waals surface area contributed by atoms with Crippen molar-refractivity contribution < 1.29 is 13.2 Å². The van der Waals surface area contributed by atoms with Gasteiger partial charge in [-0.1, -0.05) is 29.8 Å². The van der Waals surface area contributed by atoms with E-state index in [1.165, 1.54) is 18.2 Å². The third-order valence-electron chi connectivity index (χ3n) is 2.56. The molecule has 110 valence electrons. The van der Waals surface area contributed by atoms with Gasteiger partial charge in [0, 0.05) is 11.3 Å². The van der Waals surface area contributed by atoms with Crippen molar-refractivity contribution in [1.82, 2.24) is 0 Å². The fraction of sp³-hybridized carbons (Fsp3) is 0.0714. The van der Waals surface area contributed by atoms with Crippen LogP contribution in [0.25, 0.3) is 0 Å². The van der Waals surface area contributed by atoms with Crippen molar-refractivity contribution in [3.8, 4) is 0 Å². The lowest BCUT2D eigenvalue weighted by atomic mass is 10.2. The number of nitrogens with one attached hydrogen (secondary N) is 2. The largest absolute Gasteiger partial charge is 0.322 e. The summed E-state index contributed by atoms with van der Waals surface area (Å²) in [5.41, 5.74) is 1.12. The molecule has 2 aromatic carbocycles. The number of anilines is 2. The molecule has 0 bridgehead atoms. The van der Waals surface area contributed by atoms with Gasteiger partial charge in [-0.25, -0.2) is 8.42 Å². The van der Waals surface area contributed by atoms with Crippen molar-refractivity contribution in [2.75, 3.05) is 16.3 Å². The smallest absolute Gasteiger partial charge is 0.255 e. The summed E-state index contributed by atoms with van der Waals surface area (Å²) in [6.45, 7) is 0. The van der Waals surface area contributed by atoms with Gasteiger partial charge in [-0.05, 0) is 30.3 Å². The number of hydrogen-bond acceptors (Lipinski definition) is 3. The average molecular weight is 325 g/mol. The summed E-state index contributed by atoms with van der Waals surface area (Å²) >= 11 is 5.91. The monoisotopic (exact) mass is 324 g/mol. The summed E-state index contributed by atoms with van der Waals surface area (Å²) < 4.78 is 24.8. The molecule has 0 heterocycles. The maximum atomic E-state index is 12.1. The van der Waals surface area contributed by atoms with Crippen molar-refractivity contribution in [2.24, 2.45) is 0 Å². The van der Waals surface area contributed by atoms with Gasteiger partial charge in [0.1, 0.15) is 0 Å². The van der Waals surface area contributed by atoms with Crippen molar-refractivity contribution in [3.63, 3.8) is 0 Å². The Balaban J connectivity index is 2.24. The number of halogens is 1. The predicted octanol–water partition coefficient (Wildman–Crippen LogP) is 2.96. The summed E-state index contributed by atoms with van der Waals surface area (Å²) in [4.78, 5) is 12.1. The number of hydrogen-bond donors (Lipinski definition) is 2. The minimum Gasteiger partial charge on any atom is -0.322 e. The second-order valence-electron chi connectivity index (χ2n) is 4.39. The molecule has 0 unspecified atom stereocenters. The van der Waals surface area contributed by atoms with E-state index >= 15 is 0 Å². The van der Waals surface area contributed by atoms with E-state index in [4.69, 9.17) is 11.6 Å². The van der Waals surface area contributed by atoms with Gasteiger partial charge in [0.15, 0.2) is 0 Å². The van der Waals surface area contributed by atoms with E-state index in [0.29, 0.717) is 11.3 Å². The molecule has 0 atom stereocenters. The second kappa shape index (κ2) is 6.15. The highest BCUT2D eigenvalue weighted by atomic mass is 35.5. The van der Waals surface area contributed by atoms with Crippen LogP contribution in [0.3, 0.4) is 0 Å². The highest BCUT2D eigenvalue weighted by Gasteiger charge is 2.11. The quantitative estimate of drug-likeness (QED) is 0.908. The Morgan fingerprint density at radius 2 is 1.76 bits per heavy atom. The van der Waals surface area contributed by atoms with E-state index in [1.807, 2.05) is 6.07 Å². The molecule has 5 nitrogen and oxygen atoms in total. The van der Waals surface area contributed by atoms with E-state index < -0.39 is 10.0 Å². The van der Waals surface area contributed by atoms with Gasteiger partial charge in [0.05, 0.1) is 17.0 Å². The maximum Gasteiger partial charge on any atom is 0.255 e. The number of para-hydroxylation sites is 1. The molecule has 2 aromatic rings. The topological polar surface area (TPSA) is 75.3 Å². The SMILES string of the molecule is CS(=O)(=O)Nc1cc(C(=O)Nc2ccccc2)ccc1Cl. The van der Waals surface area contributed by atoms with Gasteiger partial charge in [-0.3, -0.25) is 9.52 Å². The fourth-order valence-corrected chi connectivity index (χ4v) is 2.46. The van der Waals surface area contributed by atoms with Gasteiger partial charge in [-0.15, -0.1) is 0 Å². The van der Waals surface area contributed by atoms with Crippen molar-refractivity contribution in [3.05, 3.63) is 59.1 Å². The third kappa shape index (κ3) is 4.47. The zero-order valence-electron chi connectivity index (χ0n) is 11.1. The van der Waals surface area contributed by atoms with Crippen LogP contribution in [0.15, 0.2) is 48.5 Å². The van der Waals surface area contributed by atoms with E-state index in [2.05, 4.69) is 10.0 Å². The van der Waals surface area contributed by atoms with Crippen LogP contribution in [0.4, 0.5) is 11.4 Å². The molecule has 1 amide bonds. The lowest BCUT2D eigenvalue weighted by Crippen LogP contribution is -2.14. The second-order valence-corrected chi connectivity index (χ2v) is 6.54. The lowest BCUT2D eigenvalue weighted by molar-refractivity contribution is 0.102. The van der Waals surface area contributed by atoms with Crippen molar-refractivity contribution >= 4 is 38.9 Å². The zero-order chi connectivity index (χ0) is 15.5. The Morgan fingerprint density at radius 3 is 2.38 bits per heavy atom. The lowest BCUT2D eigenvalue weighted by Gasteiger charge is -2.09. The number of carbonyl (C=O) groups excluding carboxylic acids is 1. The average Bonchev–Trinajstić information content (AvgIpc) is 2.41. The highest BCUT2D eigenvalue weighted by molar-refractivity contribution is 7.92. The number of amides is 1. The number of sulfonamides is 1. The van der Waals surface area contributed by atoms with E-state index in [9.17, 15) is 13.2 Å². The molecule has 7 heteroatoms. The first kappa shape index (κ1) is 15.3. The van der Waals surface area contributed by atoms with Crippen LogP contribution in [0, 0.1) is 0 Å². The first-order valence-electron chi connectivity index (χ1n) is 5.99. The molecule has 0 aliphatic rings. The summed E-state index contributed by atoms with van der Waals surface area (Å²) in [6.07, 6.45) is 1.01. The molecular formula is C14H13ClN2O3S. The van der Waals surface area contributed by atoms with E-state index in [1.54, 1.807) is 24.3 Å². The molecule has 2 N–H and O–H groups in total. The summed E-state index contributed by atoms with van der Waals surface area (Å²) in [7, 11) is -3.47. The van der Waals surface area contributed by atoms with Crippen molar-refractivity contribution in [1.29, 1.82) is 0 Å². The van der Waals surface area contributed by atoms with Gasteiger partial charge in [0.25, 0.3) is 5.91 Å². The molecule has 0 spiro atoms. The van der Waals surface area contributed by atoms with Crippen LogP contribution >= 0.6 is 11.6 Å². The summed E-state index contributed by atoms with van der Waals surface area (Å²) in [5.74, 6) is -0.352. The van der Waals surface area contributed by atoms with E-state index in [-0.39, 0.29) is 16.6 Å². The zero-order valence-corrected chi connectivity index (χ0v) is 12.7. The third-order valence-corrected chi connectivity index (χ3v) is 3.48. The van der Waals surface area contributed by atoms with Gasteiger partial charge >= 0.3 is 0 Å².